The Morgan fingerprint density at radius 1 is 1.53 bits per heavy atom. The van der Waals surface area contributed by atoms with Gasteiger partial charge in [-0.1, -0.05) is 18.9 Å². The van der Waals surface area contributed by atoms with Crippen molar-refractivity contribution in [3.8, 4) is 0 Å². The molecular formula is C10H17N5O2. The molecule has 7 nitrogen and oxygen atoms in total. The maximum Gasteiger partial charge on any atom is 0.318 e. The van der Waals surface area contributed by atoms with Gasteiger partial charge in [-0.05, 0) is 0 Å². The van der Waals surface area contributed by atoms with Gasteiger partial charge in [0.25, 0.3) is 0 Å². The third-order valence-electron chi connectivity index (χ3n) is 2.43. The summed E-state index contributed by atoms with van der Waals surface area (Å²) in [5.41, 5.74) is 0. The number of hydrogen-bond acceptors (Lipinski definition) is 6. The molecule has 2 rings (SSSR count). The Hall–Kier alpha value is -1.63. The highest BCUT2D eigenvalue weighted by atomic mass is 16.4. The molecule has 0 aromatic carbocycles. The van der Waals surface area contributed by atoms with Gasteiger partial charge in [0.15, 0.2) is 0 Å². The van der Waals surface area contributed by atoms with E-state index >= 15 is 0 Å². The van der Waals surface area contributed by atoms with Gasteiger partial charge in [-0.15, -0.1) is 5.10 Å². The van der Waals surface area contributed by atoms with Crippen molar-refractivity contribution in [1.29, 1.82) is 0 Å². The van der Waals surface area contributed by atoms with E-state index in [2.05, 4.69) is 20.8 Å². The lowest BCUT2D eigenvalue weighted by Crippen LogP contribution is -2.47. The molecule has 94 valence electrons. The fourth-order valence-corrected chi connectivity index (χ4v) is 1.54. The number of aromatic nitrogens is 2. The molecule has 0 aliphatic carbocycles. The summed E-state index contributed by atoms with van der Waals surface area (Å²) in [7, 11) is 0. The van der Waals surface area contributed by atoms with Crippen molar-refractivity contribution in [3.63, 3.8) is 0 Å². The van der Waals surface area contributed by atoms with Gasteiger partial charge in [0.2, 0.25) is 11.8 Å². The SMILES string of the molecule is CC(C)NCc1nnc(N2CCNC(=O)C2)o1. The van der Waals surface area contributed by atoms with Gasteiger partial charge in [0, 0.05) is 19.1 Å². The molecule has 17 heavy (non-hydrogen) atoms. The van der Waals surface area contributed by atoms with Crippen molar-refractivity contribution in [2.45, 2.75) is 26.4 Å². The zero-order valence-electron chi connectivity index (χ0n) is 10.1. The van der Waals surface area contributed by atoms with Gasteiger partial charge in [-0.25, -0.2) is 0 Å². The van der Waals surface area contributed by atoms with Gasteiger partial charge in [0.05, 0.1) is 6.54 Å². The summed E-state index contributed by atoms with van der Waals surface area (Å²) in [5.74, 6) is 0.524. The summed E-state index contributed by atoms with van der Waals surface area (Å²) in [4.78, 5) is 13.0. The zero-order chi connectivity index (χ0) is 12.3. The predicted octanol–water partition coefficient (Wildman–Crippen LogP) is -0.496. The number of anilines is 1. The highest BCUT2D eigenvalue weighted by Gasteiger charge is 2.21. The molecule has 1 aromatic rings. The van der Waals surface area contributed by atoms with E-state index in [4.69, 9.17) is 4.42 Å². The number of nitrogens with zero attached hydrogens (tertiary/aromatic N) is 3. The van der Waals surface area contributed by atoms with Crippen LogP contribution in [0.15, 0.2) is 4.42 Å². The van der Waals surface area contributed by atoms with E-state index in [0.717, 1.165) is 0 Å². The molecule has 0 unspecified atom stereocenters. The lowest BCUT2D eigenvalue weighted by molar-refractivity contribution is -0.120. The number of amides is 1. The van der Waals surface area contributed by atoms with Crippen LogP contribution in [0.5, 0.6) is 0 Å². The van der Waals surface area contributed by atoms with Crippen molar-refractivity contribution in [2.75, 3.05) is 24.5 Å². The largest absolute Gasteiger partial charge is 0.407 e. The summed E-state index contributed by atoms with van der Waals surface area (Å²) >= 11 is 0. The topological polar surface area (TPSA) is 83.3 Å². The molecule has 0 spiro atoms. The van der Waals surface area contributed by atoms with Crippen LogP contribution in [-0.2, 0) is 11.3 Å². The van der Waals surface area contributed by atoms with Crippen LogP contribution in [0.1, 0.15) is 19.7 Å². The summed E-state index contributed by atoms with van der Waals surface area (Å²) in [5, 5.41) is 13.8. The molecule has 1 fully saturated rings. The van der Waals surface area contributed by atoms with E-state index in [0.29, 0.717) is 37.6 Å². The molecule has 1 amide bonds. The van der Waals surface area contributed by atoms with Crippen LogP contribution in [0.4, 0.5) is 6.01 Å². The van der Waals surface area contributed by atoms with Crippen molar-refractivity contribution in [3.05, 3.63) is 5.89 Å². The van der Waals surface area contributed by atoms with Crippen LogP contribution in [0, 0.1) is 0 Å². The van der Waals surface area contributed by atoms with Crippen molar-refractivity contribution in [1.82, 2.24) is 20.8 Å². The lowest BCUT2D eigenvalue weighted by Gasteiger charge is -2.24. The number of carbonyl (C=O) groups is 1. The predicted molar refractivity (Wildman–Crippen MR) is 61.5 cm³/mol. The van der Waals surface area contributed by atoms with E-state index in [1.165, 1.54) is 0 Å². The molecule has 1 saturated heterocycles. The van der Waals surface area contributed by atoms with Crippen LogP contribution >= 0.6 is 0 Å². The summed E-state index contributed by atoms with van der Waals surface area (Å²) in [6.45, 7) is 6.23. The van der Waals surface area contributed by atoms with Gasteiger partial charge in [-0.2, -0.15) is 0 Å². The standard InChI is InChI=1S/C10H17N5O2/c1-7(2)12-5-9-13-14-10(17-9)15-4-3-11-8(16)6-15/h7,12H,3-6H2,1-2H3,(H,11,16). The van der Waals surface area contributed by atoms with Gasteiger partial charge >= 0.3 is 6.01 Å². The van der Waals surface area contributed by atoms with Crippen molar-refractivity contribution < 1.29 is 9.21 Å². The zero-order valence-corrected chi connectivity index (χ0v) is 10.1. The first-order chi connectivity index (χ1) is 8.15. The van der Waals surface area contributed by atoms with Crippen molar-refractivity contribution >= 4 is 11.9 Å². The van der Waals surface area contributed by atoms with E-state index in [9.17, 15) is 4.79 Å². The Kier molecular flexibility index (Phi) is 3.58. The third-order valence-corrected chi connectivity index (χ3v) is 2.43. The minimum Gasteiger partial charge on any atom is -0.407 e. The second-order valence-electron chi connectivity index (χ2n) is 4.29. The lowest BCUT2D eigenvalue weighted by atomic mass is 10.4. The van der Waals surface area contributed by atoms with Crippen LogP contribution < -0.4 is 15.5 Å². The number of piperazine rings is 1. The Morgan fingerprint density at radius 2 is 2.35 bits per heavy atom. The Labute approximate surface area is 99.6 Å². The molecule has 1 aromatic heterocycles. The molecule has 7 heteroatoms. The second kappa shape index (κ2) is 5.13. The minimum atomic E-state index is -0.0173. The summed E-state index contributed by atoms with van der Waals surface area (Å²) in [6, 6.07) is 0.784. The third kappa shape index (κ3) is 3.16. The molecular weight excluding hydrogens is 222 g/mol. The second-order valence-corrected chi connectivity index (χ2v) is 4.29. The maximum atomic E-state index is 11.2. The van der Waals surface area contributed by atoms with E-state index in [-0.39, 0.29) is 12.5 Å². The normalized spacial score (nSPS) is 16.4. The van der Waals surface area contributed by atoms with E-state index in [1.54, 1.807) is 4.90 Å². The van der Waals surface area contributed by atoms with Gasteiger partial charge < -0.3 is 20.0 Å². The molecule has 1 aliphatic heterocycles. The minimum absolute atomic E-state index is 0.0173. The molecule has 0 atom stereocenters. The fraction of sp³-hybridized carbons (Fsp3) is 0.700. The Morgan fingerprint density at radius 3 is 3.06 bits per heavy atom. The Balaban J connectivity index is 1.95. The smallest absolute Gasteiger partial charge is 0.318 e. The average molecular weight is 239 g/mol. The summed E-state index contributed by atoms with van der Waals surface area (Å²) < 4.78 is 5.48. The first-order valence-electron chi connectivity index (χ1n) is 5.72. The molecule has 0 radical (unpaired) electrons. The molecule has 0 saturated carbocycles. The molecule has 1 aliphatic rings. The van der Waals surface area contributed by atoms with Crippen molar-refractivity contribution in [2.24, 2.45) is 0 Å². The number of rotatable bonds is 4. The van der Waals surface area contributed by atoms with Crippen LogP contribution in [0.25, 0.3) is 0 Å². The average Bonchev–Trinajstić information content (AvgIpc) is 2.75. The monoisotopic (exact) mass is 239 g/mol. The Bertz CT molecular complexity index is 390. The van der Waals surface area contributed by atoms with E-state index < -0.39 is 0 Å². The number of hydrogen-bond donors (Lipinski definition) is 2. The van der Waals surface area contributed by atoms with Gasteiger partial charge in [-0.3, -0.25) is 4.79 Å². The number of carbonyl (C=O) groups excluding carboxylic acids is 1. The quantitative estimate of drug-likeness (QED) is 0.737. The maximum absolute atomic E-state index is 11.2. The van der Waals surface area contributed by atoms with Crippen LogP contribution in [-0.4, -0.2) is 41.8 Å². The van der Waals surface area contributed by atoms with Crippen LogP contribution in [0.3, 0.4) is 0 Å². The van der Waals surface area contributed by atoms with E-state index in [1.807, 2.05) is 13.8 Å². The molecule has 2 N–H and O–H groups in total. The highest BCUT2D eigenvalue weighted by molar-refractivity contribution is 5.81. The number of nitrogens with one attached hydrogen (secondary N) is 2. The summed E-state index contributed by atoms with van der Waals surface area (Å²) in [6.07, 6.45) is 0. The molecule has 2 heterocycles. The molecule has 0 bridgehead atoms. The first-order valence-corrected chi connectivity index (χ1v) is 5.72. The van der Waals surface area contributed by atoms with Crippen LogP contribution in [0.2, 0.25) is 0 Å². The highest BCUT2D eigenvalue weighted by Crippen LogP contribution is 2.12. The first kappa shape index (κ1) is 11.8. The van der Waals surface area contributed by atoms with Gasteiger partial charge in [0.1, 0.15) is 6.54 Å². The fourth-order valence-electron chi connectivity index (χ4n) is 1.54.